The monoisotopic (exact) mass is 264 g/mol. The molecule has 2 aliphatic heterocycles. The molecule has 18 heavy (non-hydrogen) atoms. The number of hydrogen-bond donors (Lipinski definition) is 0. The number of hydrogen-bond acceptors (Lipinski definition) is 3. The summed E-state index contributed by atoms with van der Waals surface area (Å²) in [6.45, 7) is 4.81. The molecular weight excluding hydrogens is 248 g/mol. The number of oxime groups is 1. The largest absolute Gasteiger partial charge is 0.389 e. The molecule has 0 aromatic carbocycles. The molecule has 0 spiro atoms. The molecule has 96 valence electrons. The minimum atomic E-state index is -0.277. The van der Waals surface area contributed by atoms with Crippen LogP contribution in [-0.2, 0) is 17.1 Å². The topological polar surface area (TPSA) is 43.6 Å². The third-order valence-corrected chi connectivity index (χ3v) is 4.74. The van der Waals surface area contributed by atoms with E-state index in [0.717, 1.165) is 29.3 Å². The number of rotatable bonds is 2. The minimum Gasteiger partial charge on any atom is -0.389 e. The fourth-order valence-electron chi connectivity index (χ4n) is 2.05. The van der Waals surface area contributed by atoms with Crippen LogP contribution in [0.5, 0.6) is 0 Å². The maximum Gasteiger partial charge on any atom is 0.255 e. The van der Waals surface area contributed by atoms with Crippen molar-refractivity contribution in [2.45, 2.75) is 38.2 Å². The lowest BCUT2D eigenvalue weighted by atomic mass is 10.1. The summed E-state index contributed by atoms with van der Waals surface area (Å²) in [5, 5.41) is 5.09. The minimum absolute atomic E-state index is 0.132. The van der Waals surface area contributed by atoms with Crippen molar-refractivity contribution in [1.29, 1.82) is 0 Å². The Kier molecular flexibility index (Phi) is 2.48. The van der Waals surface area contributed by atoms with Gasteiger partial charge in [0.2, 0.25) is 0 Å². The summed E-state index contributed by atoms with van der Waals surface area (Å²) in [5.41, 5.74) is 1.86. The number of aromatic nitrogens is 1. The van der Waals surface area contributed by atoms with Crippen LogP contribution in [-0.4, -0.2) is 21.1 Å². The first-order valence-corrected chi connectivity index (χ1v) is 7.50. The summed E-state index contributed by atoms with van der Waals surface area (Å²) in [6, 6.07) is 3.94. The van der Waals surface area contributed by atoms with E-state index in [4.69, 9.17) is 4.84 Å². The summed E-state index contributed by atoms with van der Waals surface area (Å²) in [6.07, 6.45) is 0.798. The Morgan fingerprint density at radius 3 is 3.00 bits per heavy atom. The molecule has 0 N–H and O–H groups in total. The highest BCUT2D eigenvalue weighted by Gasteiger charge is 2.30. The predicted octanol–water partition coefficient (Wildman–Crippen LogP) is 1.92. The number of fused-ring (bicyclic) bond motifs is 1. The molecule has 3 rings (SSSR count). The van der Waals surface area contributed by atoms with E-state index in [1.807, 2.05) is 26.0 Å². The zero-order chi connectivity index (χ0) is 12.9. The van der Waals surface area contributed by atoms with Crippen LogP contribution in [0.3, 0.4) is 0 Å². The first-order valence-electron chi connectivity index (χ1n) is 5.93. The lowest BCUT2D eigenvalue weighted by Crippen LogP contribution is -2.19. The highest BCUT2D eigenvalue weighted by molar-refractivity contribution is 8.26. The van der Waals surface area contributed by atoms with Crippen molar-refractivity contribution in [1.82, 2.24) is 4.57 Å². The van der Waals surface area contributed by atoms with E-state index in [-0.39, 0.29) is 21.6 Å². The molecule has 4 nitrogen and oxygen atoms in total. The molecule has 0 aliphatic carbocycles. The van der Waals surface area contributed by atoms with E-state index in [1.165, 1.54) is 0 Å². The third kappa shape index (κ3) is 2.03. The fourth-order valence-corrected chi connectivity index (χ4v) is 3.51. The maximum atomic E-state index is 12.0. The van der Waals surface area contributed by atoms with Crippen molar-refractivity contribution in [3.05, 3.63) is 33.7 Å². The lowest BCUT2D eigenvalue weighted by Gasteiger charge is -2.13. The summed E-state index contributed by atoms with van der Waals surface area (Å²) >= 11 is 0. The second-order valence-corrected chi connectivity index (χ2v) is 7.14. The average molecular weight is 264 g/mol. The highest BCUT2D eigenvalue weighted by atomic mass is 32.2. The molecule has 2 aliphatic rings. The molecule has 0 saturated heterocycles. The molecule has 0 amide bonds. The fraction of sp³-hybridized carbons (Fsp3) is 0.462. The van der Waals surface area contributed by atoms with Crippen LogP contribution >= 0.6 is 10.5 Å². The van der Waals surface area contributed by atoms with Gasteiger partial charge in [0.1, 0.15) is 10.6 Å². The van der Waals surface area contributed by atoms with Crippen LogP contribution in [0, 0.1) is 0 Å². The SMILES string of the molecule is C=S(Cc1ccc2n(c1=O)C2)C1=NOC(C)(C)C1. The Labute approximate surface area is 108 Å². The van der Waals surface area contributed by atoms with Gasteiger partial charge in [0.25, 0.3) is 5.56 Å². The van der Waals surface area contributed by atoms with Gasteiger partial charge in [-0.3, -0.25) is 4.79 Å². The van der Waals surface area contributed by atoms with Crippen molar-refractivity contribution >= 4 is 21.4 Å². The first kappa shape index (κ1) is 11.7. The zero-order valence-corrected chi connectivity index (χ0v) is 11.4. The highest BCUT2D eigenvalue weighted by Crippen LogP contribution is 2.32. The maximum absolute atomic E-state index is 12.0. The molecule has 0 bridgehead atoms. The Bertz CT molecular complexity index is 628. The van der Waals surface area contributed by atoms with Gasteiger partial charge in [0.05, 0.1) is 6.54 Å². The van der Waals surface area contributed by atoms with E-state index in [2.05, 4.69) is 11.0 Å². The molecule has 1 aromatic rings. The standard InChI is InChI=1S/C13H16N2O2S/c1-13(2)6-11(14-17-13)18(3)8-9-4-5-10-7-15(10)12(9)16/h4-5H,3,6-8H2,1-2H3. The Morgan fingerprint density at radius 2 is 2.33 bits per heavy atom. The lowest BCUT2D eigenvalue weighted by molar-refractivity contribution is 0.0123. The van der Waals surface area contributed by atoms with Crippen LogP contribution in [0.4, 0.5) is 0 Å². The number of pyridine rings is 1. The van der Waals surface area contributed by atoms with E-state index >= 15 is 0 Å². The van der Waals surface area contributed by atoms with Crippen molar-refractivity contribution in [3.8, 4) is 0 Å². The van der Waals surface area contributed by atoms with Gasteiger partial charge in [-0.15, -0.1) is 10.5 Å². The molecule has 1 atom stereocenters. The summed E-state index contributed by atoms with van der Waals surface area (Å²) in [5.74, 6) is 4.80. The van der Waals surface area contributed by atoms with Crippen molar-refractivity contribution < 1.29 is 4.84 Å². The van der Waals surface area contributed by atoms with Crippen LogP contribution in [0.2, 0.25) is 0 Å². The van der Waals surface area contributed by atoms with Crippen LogP contribution in [0.15, 0.2) is 22.1 Å². The van der Waals surface area contributed by atoms with Gasteiger partial charge in [0, 0.05) is 23.4 Å². The van der Waals surface area contributed by atoms with Crippen molar-refractivity contribution in [2.24, 2.45) is 5.16 Å². The van der Waals surface area contributed by atoms with Gasteiger partial charge in [-0.25, -0.2) is 0 Å². The zero-order valence-electron chi connectivity index (χ0n) is 10.6. The van der Waals surface area contributed by atoms with Gasteiger partial charge in [-0.2, -0.15) is 0 Å². The summed E-state index contributed by atoms with van der Waals surface area (Å²) in [4.78, 5) is 17.3. The van der Waals surface area contributed by atoms with Crippen molar-refractivity contribution in [3.63, 3.8) is 0 Å². The third-order valence-electron chi connectivity index (χ3n) is 3.19. The molecule has 0 radical (unpaired) electrons. The molecule has 1 unspecified atom stereocenters. The molecule has 5 heteroatoms. The van der Waals surface area contributed by atoms with Gasteiger partial charge in [-0.05, 0) is 19.9 Å². The molecule has 0 saturated carbocycles. The Hall–Kier alpha value is -1.36. The summed E-state index contributed by atoms with van der Waals surface area (Å²) < 4.78 is 1.80. The number of nitrogens with zero attached hydrogens (tertiary/aromatic N) is 2. The van der Waals surface area contributed by atoms with Crippen LogP contribution in [0.25, 0.3) is 0 Å². The quantitative estimate of drug-likeness (QED) is 0.778. The Morgan fingerprint density at radius 1 is 1.56 bits per heavy atom. The van der Waals surface area contributed by atoms with Gasteiger partial charge < -0.3 is 9.40 Å². The van der Waals surface area contributed by atoms with E-state index in [1.54, 1.807) is 4.57 Å². The van der Waals surface area contributed by atoms with Crippen LogP contribution < -0.4 is 5.56 Å². The second kappa shape index (κ2) is 3.82. The van der Waals surface area contributed by atoms with E-state index < -0.39 is 0 Å². The van der Waals surface area contributed by atoms with Crippen molar-refractivity contribution in [2.75, 3.05) is 0 Å². The average Bonchev–Trinajstić information content (AvgIpc) is 3.00. The van der Waals surface area contributed by atoms with E-state index in [9.17, 15) is 4.79 Å². The van der Waals surface area contributed by atoms with Gasteiger partial charge in [0.15, 0.2) is 0 Å². The molecular formula is C13H16N2O2S. The van der Waals surface area contributed by atoms with Gasteiger partial charge >= 0.3 is 0 Å². The van der Waals surface area contributed by atoms with Gasteiger partial charge in [-0.1, -0.05) is 17.1 Å². The molecule has 1 aromatic heterocycles. The Balaban J connectivity index is 1.76. The van der Waals surface area contributed by atoms with Crippen LogP contribution in [0.1, 0.15) is 31.5 Å². The van der Waals surface area contributed by atoms with E-state index in [0.29, 0.717) is 5.75 Å². The molecule has 3 heterocycles. The smallest absolute Gasteiger partial charge is 0.255 e. The summed E-state index contributed by atoms with van der Waals surface area (Å²) in [7, 11) is -0.277. The second-order valence-electron chi connectivity index (χ2n) is 5.39. The predicted molar refractivity (Wildman–Crippen MR) is 75.4 cm³/mol. The normalized spacial score (nSPS) is 20.9. The molecule has 0 fully saturated rings. The first-order chi connectivity index (χ1) is 8.46.